The van der Waals surface area contributed by atoms with Gasteiger partial charge in [0.2, 0.25) is 0 Å². The lowest BCUT2D eigenvalue weighted by molar-refractivity contribution is 0.522. The molecule has 1 aromatic heterocycles. The van der Waals surface area contributed by atoms with Crippen molar-refractivity contribution in [2.24, 2.45) is 0 Å². The van der Waals surface area contributed by atoms with Crippen molar-refractivity contribution in [1.82, 2.24) is 10.3 Å². The van der Waals surface area contributed by atoms with Gasteiger partial charge >= 0.3 is 0 Å². The Bertz CT molecular complexity index is 545. The summed E-state index contributed by atoms with van der Waals surface area (Å²) in [6.07, 6.45) is 3.88. The van der Waals surface area contributed by atoms with E-state index in [4.69, 9.17) is 0 Å². The molecule has 0 aliphatic rings. The van der Waals surface area contributed by atoms with Crippen LogP contribution in [0.15, 0.2) is 47.1 Å². The van der Waals surface area contributed by atoms with Crippen LogP contribution in [0, 0.1) is 3.57 Å². The maximum Gasteiger partial charge on any atom is 0.0422 e. The van der Waals surface area contributed by atoms with Gasteiger partial charge in [-0.05, 0) is 71.5 Å². The van der Waals surface area contributed by atoms with E-state index in [0.717, 1.165) is 29.6 Å². The Morgan fingerprint density at radius 2 is 2.15 bits per heavy atom. The van der Waals surface area contributed by atoms with Crippen molar-refractivity contribution in [3.63, 3.8) is 0 Å². The zero-order valence-electron chi connectivity index (χ0n) is 11.4. The lowest BCUT2D eigenvalue weighted by Crippen LogP contribution is -2.25. The summed E-state index contributed by atoms with van der Waals surface area (Å²) in [5, 5.41) is 3.63. The normalized spacial score (nSPS) is 12.3. The molecule has 1 unspecified atom stereocenters. The number of pyridine rings is 1. The van der Waals surface area contributed by atoms with Crippen LogP contribution in [0.5, 0.6) is 0 Å². The average molecular weight is 445 g/mol. The summed E-state index contributed by atoms with van der Waals surface area (Å²) in [7, 11) is 0. The van der Waals surface area contributed by atoms with E-state index in [1.807, 2.05) is 18.3 Å². The third-order valence-electron chi connectivity index (χ3n) is 3.11. The van der Waals surface area contributed by atoms with Crippen LogP contribution in [0.2, 0.25) is 0 Å². The van der Waals surface area contributed by atoms with Gasteiger partial charge in [0.05, 0.1) is 0 Å². The predicted octanol–water partition coefficient (Wildman–Crippen LogP) is 4.73. The van der Waals surface area contributed by atoms with Gasteiger partial charge in [-0.25, -0.2) is 0 Å². The molecule has 0 saturated heterocycles. The molecule has 0 aliphatic carbocycles. The second kappa shape index (κ2) is 8.10. The molecule has 0 saturated carbocycles. The van der Waals surface area contributed by atoms with E-state index in [0.29, 0.717) is 0 Å². The summed E-state index contributed by atoms with van der Waals surface area (Å²) in [5.74, 6) is 0. The highest BCUT2D eigenvalue weighted by Crippen LogP contribution is 2.27. The third kappa shape index (κ3) is 4.53. The topological polar surface area (TPSA) is 24.9 Å². The van der Waals surface area contributed by atoms with Gasteiger partial charge in [0.25, 0.3) is 0 Å². The van der Waals surface area contributed by atoms with E-state index in [2.05, 4.69) is 80.0 Å². The van der Waals surface area contributed by atoms with Crippen LogP contribution in [0.4, 0.5) is 0 Å². The average Bonchev–Trinajstić information content (AvgIpc) is 2.47. The molecule has 2 rings (SSSR count). The molecule has 2 nitrogen and oxygen atoms in total. The van der Waals surface area contributed by atoms with Gasteiger partial charge in [0, 0.05) is 32.4 Å². The fourth-order valence-corrected chi connectivity index (χ4v) is 3.16. The Kier molecular flexibility index (Phi) is 6.45. The Hall–Kier alpha value is -0.460. The van der Waals surface area contributed by atoms with Crippen molar-refractivity contribution >= 4 is 38.5 Å². The van der Waals surface area contributed by atoms with E-state index < -0.39 is 0 Å². The molecule has 106 valence electrons. The first-order chi connectivity index (χ1) is 9.70. The second-order valence-electron chi connectivity index (χ2n) is 4.70. The number of nitrogens with one attached hydrogen (secondary N) is 1. The van der Waals surface area contributed by atoms with Crippen molar-refractivity contribution in [3.8, 4) is 0 Å². The molecule has 1 heterocycles. The van der Waals surface area contributed by atoms with Crippen molar-refractivity contribution in [2.45, 2.75) is 25.8 Å². The number of aromatic nitrogens is 1. The summed E-state index contributed by atoms with van der Waals surface area (Å²) in [4.78, 5) is 4.45. The smallest absolute Gasteiger partial charge is 0.0422 e. The molecule has 0 aliphatic heterocycles. The molecule has 0 spiro atoms. The van der Waals surface area contributed by atoms with Crippen LogP contribution in [0.3, 0.4) is 0 Å². The maximum atomic E-state index is 4.45. The van der Waals surface area contributed by atoms with Gasteiger partial charge in [-0.15, -0.1) is 0 Å². The standard InChI is InChI=1S/C16H18BrIN2/c1-2-8-20-16(11-13-5-3-4-9-19-13)14-10-12(18)6-7-15(14)17/h3-7,9-10,16,20H,2,8,11H2,1H3. The molecule has 4 heteroatoms. The molecule has 2 aromatic rings. The van der Waals surface area contributed by atoms with Crippen LogP contribution in [-0.2, 0) is 6.42 Å². The SMILES string of the molecule is CCCNC(Cc1ccccn1)c1cc(I)ccc1Br. The van der Waals surface area contributed by atoms with E-state index in [1.54, 1.807) is 0 Å². The highest BCUT2D eigenvalue weighted by Gasteiger charge is 2.15. The molecule has 0 fully saturated rings. The van der Waals surface area contributed by atoms with Crippen molar-refractivity contribution in [1.29, 1.82) is 0 Å². The number of nitrogens with zero attached hydrogens (tertiary/aromatic N) is 1. The first-order valence-electron chi connectivity index (χ1n) is 6.79. The van der Waals surface area contributed by atoms with Crippen molar-refractivity contribution in [3.05, 3.63) is 61.9 Å². The fraction of sp³-hybridized carbons (Fsp3) is 0.312. The Morgan fingerprint density at radius 3 is 2.85 bits per heavy atom. The molecule has 0 bridgehead atoms. The van der Waals surface area contributed by atoms with E-state index in [-0.39, 0.29) is 6.04 Å². The van der Waals surface area contributed by atoms with Gasteiger partial charge in [-0.1, -0.05) is 28.9 Å². The lowest BCUT2D eigenvalue weighted by atomic mass is 10.0. The Morgan fingerprint density at radius 1 is 1.30 bits per heavy atom. The third-order valence-corrected chi connectivity index (χ3v) is 4.51. The molecule has 1 aromatic carbocycles. The van der Waals surface area contributed by atoms with Crippen LogP contribution in [0.1, 0.15) is 30.6 Å². The second-order valence-corrected chi connectivity index (χ2v) is 6.80. The van der Waals surface area contributed by atoms with E-state index in [1.165, 1.54) is 9.13 Å². The minimum atomic E-state index is 0.286. The van der Waals surface area contributed by atoms with E-state index >= 15 is 0 Å². The number of hydrogen-bond acceptors (Lipinski definition) is 2. The number of hydrogen-bond donors (Lipinski definition) is 1. The molecule has 20 heavy (non-hydrogen) atoms. The van der Waals surface area contributed by atoms with Gasteiger partial charge < -0.3 is 5.32 Å². The fourth-order valence-electron chi connectivity index (χ4n) is 2.12. The number of benzene rings is 1. The van der Waals surface area contributed by atoms with Crippen LogP contribution in [-0.4, -0.2) is 11.5 Å². The molecule has 0 amide bonds. The molecular formula is C16H18BrIN2. The summed E-state index contributed by atoms with van der Waals surface area (Å²) in [6, 6.07) is 12.8. The molecule has 1 N–H and O–H groups in total. The predicted molar refractivity (Wildman–Crippen MR) is 95.8 cm³/mol. The first-order valence-corrected chi connectivity index (χ1v) is 8.66. The number of halogens is 2. The summed E-state index contributed by atoms with van der Waals surface area (Å²) in [5.41, 5.74) is 2.42. The molecule has 0 radical (unpaired) electrons. The van der Waals surface area contributed by atoms with Crippen LogP contribution in [0.25, 0.3) is 0 Å². The summed E-state index contributed by atoms with van der Waals surface area (Å²) < 4.78 is 2.41. The van der Waals surface area contributed by atoms with Crippen molar-refractivity contribution < 1.29 is 0 Å². The van der Waals surface area contributed by atoms with Crippen LogP contribution < -0.4 is 5.32 Å². The molecular weight excluding hydrogens is 427 g/mol. The largest absolute Gasteiger partial charge is 0.310 e. The zero-order chi connectivity index (χ0) is 14.4. The van der Waals surface area contributed by atoms with Gasteiger partial charge in [-0.3, -0.25) is 4.98 Å². The summed E-state index contributed by atoms with van der Waals surface area (Å²) in [6.45, 7) is 3.20. The Labute approximate surface area is 142 Å². The molecule has 1 atom stereocenters. The van der Waals surface area contributed by atoms with Crippen LogP contribution >= 0.6 is 38.5 Å². The van der Waals surface area contributed by atoms with Gasteiger partial charge in [0.15, 0.2) is 0 Å². The van der Waals surface area contributed by atoms with Gasteiger partial charge in [-0.2, -0.15) is 0 Å². The van der Waals surface area contributed by atoms with Crippen molar-refractivity contribution in [2.75, 3.05) is 6.54 Å². The Balaban J connectivity index is 2.24. The minimum absolute atomic E-state index is 0.286. The zero-order valence-corrected chi connectivity index (χ0v) is 15.2. The maximum absolute atomic E-state index is 4.45. The highest BCUT2D eigenvalue weighted by molar-refractivity contribution is 14.1. The summed E-state index contributed by atoms with van der Waals surface area (Å²) >= 11 is 6.03. The van der Waals surface area contributed by atoms with E-state index in [9.17, 15) is 0 Å². The van der Waals surface area contributed by atoms with Gasteiger partial charge in [0.1, 0.15) is 0 Å². The first kappa shape index (κ1) is 15.9. The quantitative estimate of drug-likeness (QED) is 0.651. The monoisotopic (exact) mass is 444 g/mol. The number of rotatable bonds is 6. The lowest BCUT2D eigenvalue weighted by Gasteiger charge is -2.20. The highest BCUT2D eigenvalue weighted by atomic mass is 127. The minimum Gasteiger partial charge on any atom is -0.310 e.